The molecule has 0 bridgehead atoms. The third kappa shape index (κ3) is 6.25. The third-order valence-electron chi connectivity index (χ3n) is 3.98. The number of hydrogen-bond acceptors (Lipinski definition) is 6. The van der Waals surface area contributed by atoms with Crippen LogP contribution in [0.1, 0.15) is 31.1 Å². The summed E-state index contributed by atoms with van der Waals surface area (Å²) in [4.78, 5) is 24.3. The molecular weight excluding hydrogens is 376 g/mol. The molecule has 0 saturated carbocycles. The SMILES string of the molecule is CCOc1cc(C(=O)NCC(O)Cn2ccccc2=O)cc(OCC)c1OCC. The van der Waals surface area contributed by atoms with Gasteiger partial charge in [0.25, 0.3) is 11.5 Å². The van der Waals surface area contributed by atoms with Gasteiger partial charge in [-0.15, -0.1) is 0 Å². The summed E-state index contributed by atoms with van der Waals surface area (Å²) in [6.45, 7) is 6.83. The van der Waals surface area contributed by atoms with Gasteiger partial charge in [-0.2, -0.15) is 0 Å². The van der Waals surface area contributed by atoms with E-state index < -0.39 is 12.0 Å². The predicted octanol–water partition coefficient (Wildman–Crippen LogP) is 1.84. The van der Waals surface area contributed by atoms with Gasteiger partial charge < -0.3 is 29.2 Å². The van der Waals surface area contributed by atoms with Crippen LogP contribution >= 0.6 is 0 Å². The van der Waals surface area contributed by atoms with Crippen molar-refractivity contribution >= 4 is 5.91 Å². The molecule has 1 unspecified atom stereocenters. The van der Waals surface area contributed by atoms with Crippen molar-refractivity contribution in [2.45, 2.75) is 33.4 Å². The fraction of sp³-hybridized carbons (Fsp3) is 0.429. The minimum Gasteiger partial charge on any atom is -0.490 e. The van der Waals surface area contributed by atoms with Gasteiger partial charge in [0, 0.05) is 24.4 Å². The number of nitrogens with zero attached hydrogens (tertiary/aromatic N) is 1. The molecule has 8 heteroatoms. The zero-order valence-corrected chi connectivity index (χ0v) is 17.0. The standard InChI is InChI=1S/C21H28N2O6/c1-4-27-17-11-15(12-18(28-5-2)20(17)29-6-3)21(26)22-13-16(24)14-23-10-8-7-9-19(23)25/h7-12,16,24H,4-6,13-14H2,1-3H3,(H,22,26). The second kappa shape index (κ2) is 11.1. The fourth-order valence-corrected chi connectivity index (χ4v) is 2.74. The van der Waals surface area contributed by atoms with Gasteiger partial charge in [0.15, 0.2) is 11.5 Å². The highest BCUT2D eigenvalue weighted by molar-refractivity contribution is 5.95. The lowest BCUT2D eigenvalue weighted by Crippen LogP contribution is -2.36. The van der Waals surface area contributed by atoms with E-state index in [1.54, 1.807) is 30.5 Å². The molecule has 1 aromatic carbocycles. The average molecular weight is 404 g/mol. The first-order valence-electron chi connectivity index (χ1n) is 9.68. The molecule has 0 saturated heterocycles. The summed E-state index contributed by atoms with van der Waals surface area (Å²) in [5, 5.41) is 12.8. The Morgan fingerprint density at radius 3 is 2.24 bits per heavy atom. The molecule has 29 heavy (non-hydrogen) atoms. The molecule has 0 fully saturated rings. The van der Waals surface area contributed by atoms with Crippen LogP contribution in [0.4, 0.5) is 0 Å². The summed E-state index contributed by atoms with van der Waals surface area (Å²) < 4.78 is 18.2. The molecule has 2 rings (SSSR count). The molecule has 0 aliphatic carbocycles. The molecule has 0 aliphatic rings. The molecule has 158 valence electrons. The van der Waals surface area contributed by atoms with Crippen molar-refractivity contribution in [1.82, 2.24) is 9.88 Å². The van der Waals surface area contributed by atoms with E-state index in [1.165, 1.54) is 10.6 Å². The van der Waals surface area contributed by atoms with Crippen LogP contribution in [0.15, 0.2) is 41.3 Å². The first-order chi connectivity index (χ1) is 14.0. The van der Waals surface area contributed by atoms with Gasteiger partial charge in [-0.25, -0.2) is 0 Å². The van der Waals surface area contributed by atoms with E-state index in [1.807, 2.05) is 20.8 Å². The van der Waals surface area contributed by atoms with E-state index in [0.717, 1.165) is 0 Å². The van der Waals surface area contributed by atoms with Crippen molar-refractivity contribution in [3.63, 3.8) is 0 Å². The van der Waals surface area contributed by atoms with Crippen LogP contribution in [0.25, 0.3) is 0 Å². The topological polar surface area (TPSA) is 99.0 Å². The molecule has 1 aromatic heterocycles. The molecule has 0 radical (unpaired) electrons. The highest BCUT2D eigenvalue weighted by Crippen LogP contribution is 2.39. The van der Waals surface area contributed by atoms with Crippen molar-refractivity contribution in [1.29, 1.82) is 0 Å². The lowest BCUT2D eigenvalue weighted by atomic mass is 10.1. The van der Waals surface area contributed by atoms with Gasteiger partial charge in [-0.1, -0.05) is 6.07 Å². The van der Waals surface area contributed by atoms with E-state index in [9.17, 15) is 14.7 Å². The Balaban J connectivity index is 2.12. The van der Waals surface area contributed by atoms with E-state index in [0.29, 0.717) is 42.6 Å². The summed E-state index contributed by atoms with van der Waals surface area (Å²) in [5.74, 6) is 0.898. The molecule has 1 heterocycles. The highest BCUT2D eigenvalue weighted by atomic mass is 16.5. The van der Waals surface area contributed by atoms with Crippen LogP contribution in [0.5, 0.6) is 17.2 Å². The van der Waals surface area contributed by atoms with Crippen molar-refractivity contribution in [3.05, 3.63) is 52.4 Å². The zero-order valence-electron chi connectivity index (χ0n) is 17.0. The van der Waals surface area contributed by atoms with Crippen LogP contribution in [0.2, 0.25) is 0 Å². The Morgan fingerprint density at radius 2 is 1.69 bits per heavy atom. The van der Waals surface area contributed by atoms with Crippen molar-refractivity contribution < 1.29 is 24.1 Å². The highest BCUT2D eigenvalue weighted by Gasteiger charge is 2.19. The number of hydrogen-bond donors (Lipinski definition) is 2. The number of ether oxygens (including phenoxy) is 3. The van der Waals surface area contributed by atoms with E-state index in [4.69, 9.17) is 14.2 Å². The Morgan fingerprint density at radius 1 is 1.07 bits per heavy atom. The van der Waals surface area contributed by atoms with Crippen molar-refractivity contribution in [2.24, 2.45) is 0 Å². The van der Waals surface area contributed by atoms with E-state index in [-0.39, 0.29) is 18.6 Å². The fourth-order valence-electron chi connectivity index (χ4n) is 2.74. The van der Waals surface area contributed by atoms with Crippen molar-refractivity contribution in [2.75, 3.05) is 26.4 Å². The van der Waals surface area contributed by atoms with Crippen molar-refractivity contribution in [3.8, 4) is 17.2 Å². The first kappa shape index (κ1) is 22.3. The molecule has 2 N–H and O–H groups in total. The van der Waals surface area contributed by atoms with Crippen LogP contribution < -0.4 is 25.1 Å². The zero-order chi connectivity index (χ0) is 21.2. The van der Waals surface area contributed by atoms with Gasteiger partial charge in [-0.3, -0.25) is 9.59 Å². The minimum atomic E-state index is -0.917. The monoisotopic (exact) mass is 404 g/mol. The number of amides is 1. The maximum atomic E-state index is 12.6. The smallest absolute Gasteiger partial charge is 0.251 e. The summed E-state index contributed by atoms with van der Waals surface area (Å²) in [6.07, 6.45) is 0.669. The Kier molecular flexibility index (Phi) is 8.54. The number of benzene rings is 1. The molecule has 1 atom stereocenters. The second-order valence-corrected chi connectivity index (χ2v) is 6.16. The number of aliphatic hydroxyl groups is 1. The van der Waals surface area contributed by atoms with Gasteiger partial charge >= 0.3 is 0 Å². The number of aliphatic hydroxyl groups excluding tert-OH is 1. The van der Waals surface area contributed by atoms with E-state index >= 15 is 0 Å². The summed E-state index contributed by atoms with van der Waals surface area (Å²) >= 11 is 0. The third-order valence-corrected chi connectivity index (χ3v) is 3.98. The molecule has 2 aromatic rings. The summed E-state index contributed by atoms with van der Waals surface area (Å²) in [7, 11) is 0. The minimum absolute atomic E-state index is 0.0126. The number of carbonyl (C=O) groups is 1. The van der Waals surface area contributed by atoms with Gasteiger partial charge in [0.05, 0.1) is 32.5 Å². The summed E-state index contributed by atoms with van der Waals surface area (Å²) in [5.41, 5.74) is 0.108. The number of nitrogens with one attached hydrogen (secondary N) is 1. The average Bonchev–Trinajstić information content (AvgIpc) is 2.70. The van der Waals surface area contributed by atoms with Crippen LogP contribution in [-0.4, -0.2) is 48.1 Å². The predicted molar refractivity (Wildman–Crippen MR) is 109 cm³/mol. The molecule has 0 aliphatic heterocycles. The summed E-state index contributed by atoms with van der Waals surface area (Å²) in [6, 6.07) is 7.92. The quantitative estimate of drug-likeness (QED) is 0.593. The van der Waals surface area contributed by atoms with Gasteiger partial charge in [0.1, 0.15) is 0 Å². The molecule has 0 spiro atoms. The molecular formula is C21H28N2O6. The second-order valence-electron chi connectivity index (χ2n) is 6.16. The number of carbonyl (C=O) groups excluding carboxylic acids is 1. The maximum Gasteiger partial charge on any atom is 0.251 e. The largest absolute Gasteiger partial charge is 0.490 e. The Hall–Kier alpha value is -3.00. The lowest BCUT2D eigenvalue weighted by Gasteiger charge is -2.17. The number of pyridine rings is 1. The Bertz CT molecular complexity index is 837. The lowest BCUT2D eigenvalue weighted by molar-refractivity contribution is 0.0902. The van der Waals surface area contributed by atoms with Crippen LogP contribution in [-0.2, 0) is 6.54 Å². The van der Waals surface area contributed by atoms with Crippen LogP contribution in [0, 0.1) is 0 Å². The maximum absolute atomic E-state index is 12.6. The number of aromatic nitrogens is 1. The van der Waals surface area contributed by atoms with E-state index in [2.05, 4.69) is 5.32 Å². The first-order valence-corrected chi connectivity index (χ1v) is 9.68. The van der Waals surface area contributed by atoms with Gasteiger partial charge in [0.2, 0.25) is 5.75 Å². The van der Waals surface area contributed by atoms with Crippen LogP contribution in [0.3, 0.4) is 0 Å². The Labute approximate surface area is 170 Å². The molecule has 8 nitrogen and oxygen atoms in total. The van der Waals surface area contributed by atoms with Gasteiger partial charge in [-0.05, 0) is 39.0 Å². The normalized spacial score (nSPS) is 11.6. The number of rotatable bonds is 11. The molecule has 1 amide bonds.